The van der Waals surface area contributed by atoms with Crippen LogP contribution in [0.3, 0.4) is 0 Å². The highest BCUT2D eigenvalue weighted by molar-refractivity contribution is 5.94. The number of nitrogens with one attached hydrogen (secondary N) is 1. The fourth-order valence-electron chi connectivity index (χ4n) is 1.69. The zero-order valence-corrected chi connectivity index (χ0v) is 11.8. The minimum atomic E-state index is -0.677. The van der Waals surface area contributed by atoms with E-state index in [1.54, 1.807) is 38.3 Å². The van der Waals surface area contributed by atoms with Crippen molar-refractivity contribution in [3.8, 4) is 11.5 Å². The first kappa shape index (κ1) is 14.8. The highest BCUT2D eigenvalue weighted by Gasteiger charge is 2.14. The van der Waals surface area contributed by atoms with Crippen molar-refractivity contribution in [3.05, 3.63) is 54.3 Å². The van der Waals surface area contributed by atoms with Gasteiger partial charge in [-0.25, -0.2) is 4.39 Å². The quantitative estimate of drug-likeness (QED) is 0.919. The number of hydrogen-bond acceptors (Lipinski definition) is 3. The van der Waals surface area contributed by atoms with Gasteiger partial charge in [-0.1, -0.05) is 0 Å². The van der Waals surface area contributed by atoms with Crippen LogP contribution in [0.5, 0.6) is 11.5 Å². The van der Waals surface area contributed by atoms with Gasteiger partial charge in [0.25, 0.3) is 5.91 Å². The lowest BCUT2D eigenvalue weighted by molar-refractivity contribution is -0.122. The molecule has 1 unspecified atom stereocenters. The molecule has 2 rings (SSSR count). The van der Waals surface area contributed by atoms with Gasteiger partial charge in [0.05, 0.1) is 7.11 Å². The van der Waals surface area contributed by atoms with Gasteiger partial charge < -0.3 is 14.8 Å². The predicted molar refractivity (Wildman–Crippen MR) is 78.1 cm³/mol. The number of carbonyl (C=O) groups is 1. The molecule has 2 aromatic carbocycles. The fourth-order valence-corrected chi connectivity index (χ4v) is 1.69. The van der Waals surface area contributed by atoms with E-state index in [0.29, 0.717) is 17.2 Å². The molecule has 0 heterocycles. The maximum absolute atomic E-state index is 12.8. The highest BCUT2D eigenvalue weighted by atomic mass is 19.1. The van der Waals surface area contributed by atoms with Crippen molar-refractivity contribution in [1.29, 1.82) is 0 Å². The summed E-state index contributed by atoms with van der Waals surface area (Å²) in [5.41, 5.74) is 0.520. The van der Waals surface area contributed by atoms with Gasteiger partial charge in [0, 0.05) is 5.69 Å². The first-order valence-electron chi connectivity index (χ1n) is 6.45. The smallest absolute Gasteiger partial charge is 0.265 e. The molecular weight excluding hydrogens is 273 g/mol. The number of benzene rings is 2. The van der Waals surface area contributed by atoms with E-state index in [4.69, 9.17) is 9.47 Å². The summed E-state index contributed by atoms with van der Waals surface area (Å²) < 4.78 is 23.4. The lowest BCUT2D eigenvalue weighted by atomic mass is 10.3. The summed E-state index contributed by atoms with van der Waals surface area (Å²) in [6.45, 7) is 1.64. The van der Waals surface area contributed by atoms with Crippen molar-refractivity contribution in [2.24, 2.45) is 0 Å². The Bertz CT molecular complexity index is 596. The molecule has 1 N–H and O–H groups in total. The van der Waals surface area contributed by atoms with Crippen molar-refractivity contribution in [2.75, 3.05) is 12.4 Å². The number of halogens is 1. The Hall–Kier alpha value is -2.56. The van der Waals surface area contributed by atoms with E-state index in [2.05, 4.69) is 5.32 Å². The van der Waals surface area contributed by atoms with Gasteiger partial charge >= 0.3 is 0 Å². The van der Waals surface area contributed by atoms with E-state index >= 15 is 0 Å². The first-order chi connectivity index (χ1) is 10.1. The zero-order valence-electron chi connectivity index (χ0n) is 11.8. The Labute approximate surface area is 122 Å². The van der Waals surface area contributed by atoms with Crippen molar-refractivity contribution < 1.29 is 18.7 Å². The Balaban J connectivity index is 1.93. The molecule has 21 heavy (non-hydrogen) atoms. The van der Waals surface area contributed by atoms with Gasteiger partial charge in [0.15, 0.2) is 6.10 Å². The van der Waals surface area contributed by atoms with Gasteiger partial charge in [0.2, 0.25) is 0 Å². The summed E-state index contributed by atoms with van der Waals surface area (Å²) in [6.07, 6.45) is -0.677. The number of hydrogen-bond donors (Lipinski definition) is 1. The van der Waals surface area contributed by atoms with E-state index in [1.807, 2.05) is 0 Å². The summed E-state index contributed by atoms with van der Waals surface area (Å²) in [4.78, 5) is 12.0. The Morgan fingerprint density at radius 3 is 2.19 bits per heavy atom. The van der Waals surface area contributed by atoms with E-state index < -0.39 is 6.10 Å². The van der Waals surface area contributed by atoms with Crippen LogP contribution in [0, 0.1) is 5.82 Å². The van der Waals surface area contributed by atoms with Crippen molar-refractivity contribution >= 4 is 11.6 Å². The van der Waals surface area contributed by atoms with Crippen LogP contribution in [0.15, 0.2) is 48.5 Å². The van der Waals surface area contributed by atoms with Crippen LogP contribution in [-0.4, -0.2) is 19.1 Å². The van der Waals surface area contributed by atoms with Gasteiger partial charge in [-0.3, -0.25) is 4.79 Å². The van der Waals surface area contributed by atoms with E-state index in [1.165, 1.54) is 24.3 Å². The molecule has 0 saturated carbocycles. The van der Waals surface area contributed by atoms with Gasteiger partial charge in [-0.2, -0.15) is 0 Å². The maximum Gasteiger partial charge on any atom is 0.265 e. The van der Waals surface area contributed by atoms with Crippen LogP contribution in [0.4, 0.5) is 10.1 Å². The average molecular weight is 289 g/mol. The lowest BCUT2D eigenvalue weighted by Gasteiger charge is -2.15. The Morgan fingerprint density at radius 2 is 1.62 bits per heavy atom. The molecule has 1 amide bonds. The summed E-state index contributed by atoms with van der Waals surface area (Å²) in [5, 5.41) is 2.66. The van der Waals surface area contributed by atoms with Crippen LogP contribution < -0.4 is 14.8 Å². The largest absolute Gasteiger partial charge is 0.497 e. The van der Waals surface area contributed by atoms with Crippen LogP contribution in [-0.2, 0) is 4.79 Å². The number of ether oxygens (including phenoxy) is 2. The Morgan fingerprint density at radius 1 is 1.05 bits per heavy atom. The molecule has 0 aromatic heterocycles. The van der Waals surface area contributed by atoms with Crippen molar-refractivity contribution in [3.63, 3.8) is 0 Å². The number of methoxy groups -OCH3 is 1. The topological polar surface area (TPSA) is 47.6 Å². The molecule has 0 aliphatic heterocycles. The Kier molecular flexibility index (Phi) is 4.77. The molecule has 0 aliphatic rings. The number of carbonyl (C=O) groups excluding carboxylic acids is 1. The molecule has 2 aromatic rings. The first-order valence-corrected chi connectivity index (χ1v) is 6.45. The molecule has 0 saturated heterocycles. The second-order valence-corrected chi connectivity index (χ2v) is 4.43. The summed E-state index contributed by atoms with van der Waals surface area (Å²) in [7, 11) is 1.58. The van der Waals surface area contributed by atoms with Crippen LogP contribution in [0.1, 0.15) is 6.92 Å². The van der Waals surface area contributed by atoms with E-state index in [0.717, 1.165) is 0 Å². The van der Waals surface area contributed by atoms with E-state index in [9.17, 15) is 9.18 Å². The molecule has 0 radical (unpaired) electrons. The van der Waals surface area contributed by atoms with Crippen LogP contribution >= 0.6 is 0 Å². The highest BCUT2D eigenvalue weighted by Crippen LogP contribution is 2.18. The lowest BCUT2D eigenvalue weighted by Crippen LogP contribution is -2.30. The summed E-state index contributed by atoms with van der Waals surface area (Å²) >= 11 is 0. The minimum Gasteiger partial charge on any atom is -0.497 e. The van der Waals surface area contributed by atoms with Gasteiger partial charge in [0.1, 0.15) is 17.3 Å². The van der Waals surface area contributed by atoms with Crippen molar-refractivity contribution in [1.82, 2.24) is 0 Å². The molecular formula is C16H16FNO3. The summed E-state index contributed by atoms with van der Waals surface area (Å²) in [5.74, 6) is 0.622. The monoisotopic (exact) mass is 289 g/mol. The second-order valence-electron chi connectivity index (χ2n) is 4.43. The molecule has 110 valence electrons. The molecule has 0 bridgehead atoms. The van der Waals surface area contributed by atoms with Gasteiger partial charge in [-0.05, 0) is 55.5 Å². The van der Waals surface area contributed by atoms with Crippen molar-refractivity contribution in [2.45, 2.75) is 13.0 Å². The second kappa shape index (κ2) is 6.74. The SMILES string of the molecule is COc1ccc(OC(C)C(=O)Nc2ccc(F)cc2)cc1. The molecule has 0 fully saturated rings. The summed E-state index contributed by atoms with van der Waals surface area (Å²) in [6, 6.07) is 12.5. The standard InChI is InChI=1S/C16H16FNO3/c1-11(21-15-9-7-14(20-2)8-10-15)16(19)18-13-5-3-12(17)4-6-13/h3-11H,1-2H3,(H,18,19). The molecule has 1 atom stereocenters. The third-order valence-corrected chi connectivity index (χ3v) is 2.85. The molecule has 5 heteroatoms. The average Bonchev–Trinajstić information content (AvgIpc) is 2.50. The van der Waals surface area contributed by atoms with Crippen LogP contribution in [0.2, 0.25) is 0 Å². The van der Waals surface area contributed by atoms with E-state index in [-0.39, 0.29) is 11.7 Å². The third kappa shape index (κ3) is 4.21. The van der Waals surface area contributed by atoms with Crippen LogP contribution in [0.25, 0.3) is 0 Å². The normalized spacial score (nSPS) is 11.6. The fraction of sp³-hybridized carbons (Fsp3) is 0.188. The maximum atomic E-state index is 12.8. The van der Waals surface area contributed by atoms with Gasteiger partial charge in [-0.15, -0.1) is 0 Å². The molecule has 0 spiro atoms. The molecule has 4 nitrogen and oxygen atoms in total. The zero-order chi connectivity index (χ0) is 15.2. The number of amides is 1. The number of anilines is 1. The predicted octanol–water partition coefficient (Wildman–Crippen LogP) is 3.24. The third-order valence-electron chi connectivity index (χ3n) is 2.85. The minimum absolute atomic E-state index is 0.308. The number of rotatable bonds is 5. The molecule has 0 aliphatic carbocycles.